The van der Waals surface area contributed by atoms with Crippen molar-refractivity contribution in [3.8, 4) is 5.75 Å². The van der Waals surface area contributed by atoms with Gasteiger partial charge in [-0.2, -0.15) is 0 Å². The SMILES string of the molecule is CCCCNC(=O)[C@H](CC)N(Cc1ccccc1C)C(=O)CN(c1cc(C)ccc1OC)S(C)(=O)=O. The molecule has 0 aliphatic rings. The monoisotopic (exact) mass is 517 g/mol. The number of carbonyl (C=O) groups is 2. The van der Waals surface area contributed by atoms with Crippen molar-refractivity contribution in [3.63, 3.8) is 0 Å². The number of unbranched alkanes of at least 4 members (excludes halogenated alkanes) is 1. The third kappa shape index (κ3) is 7.71. The summed E-state index contributed by atoms with van der Waals surface area (Å²) in [6, 6.07) is 12.1. The molecule has 2 amide bonds. The van der Waals surface area contributed by atoms with Crippen LogP contribution in [0.4, 0.5) is 5.69 Å². The van der Waals surface area contributed by atoms with E-state index < -0.39 is 28.5 Å². The smallest absolute Gasteiger partial charge is 0.244 e. The van der Waals surface area contributed by atoms with Gasteiger partial charge in [0.2, 0.25) is 21.8 Å². The number of hydrogen-bond acceptors (Lipinski definition) is 5. The molecule has 2 aromatic carbocycles. The molecule has 0 aliphatic heterocycles. The number of rotatable bonds is 13. The molecule has 0 saturated carbocycles. The highest BCUT2D eigenvalue weighted by molar-refractivity contribution is 7.92. The first kappa shape index (κ1) is 29.2. The molecule has 0 unspecified atom stereocenters. The maximum absolute atomic E-state index is 13.8. The van der Waals surface area contributed by atoms with Gasteiger partial charge in [0.25, 0.3) is 0 Å². The molecule has 8 nitrogen and oxygen atoms in total. The van der Waals surface area contributed by atoms with E-state index in [2.05, 4.69) is 5.32 Å². The average Bonchev–Trinajstić information content (AvgIpc) is 2.82. The minimum absolute atomic E-state index is 0.188. The second kappa shape index (κ2) is 13.3. The molecule has 0 bridgehead atoms. The number of anilines is 1. The average molecular weight is 518 g/mol. The van der Waals surface area contributed by atoms with Crippen LogP contribution in [0.1, 0.15) is 49.8 Å². The number of amides is 2. The maximum atomic E-state index is 13.8. The standard InChI is InChI=1S/C27H39N3O5S/c1-7-9-16-28-27(32)23(8-2)29(18-22-13-11-10-12-21(22)4)26(31)19-30(36(6,33)34)24-17-20(3)14-15-25(24)35-5/h10-15,17,23H,7-9,16,18-19H2,1-6H3,(H,28,32)/t23-/m0/s1. The van der Waals surface area contributed by atoms with E-state index in [1.807, 2.05) is 58.0 Å². The van der Waals surface area contributed by atoms with Crippen LogP contribution in [-0.4, -0.2) is 57.6 Å². The van der Waals surface area contributed by atoms with Crippen molar-refractivity contribution >= 4 is 27.5 Å². The zero-order valence-electron chi connectivity index (χ0n) is 22.2. The minimum Gasteiger partial charge on any atom is -0.495 e. The van der Waals surface area contributed by atoms with E-state index in [0.29, 0.717) is 18.7 Å². The van der Waals surface area contributed by atoms with Crippen molar-refractivity contribution in [1.82, 2.24) is 10.2 Å². The molecule has 2 rings (SSSR count). The lowest BCUT2D eigenvalue weighted by Gasteiger charge is -2.33. The van der Waals surface area contributed by atoms with Crippen LogP contribution in [0.2, 0.25) is 0 Å². The Labute approximate surface area is 215 Å². The molecular formula is C27H39N3O5S. The summed E-state index contributed by atoms with van der Waals surface area (Å²) in [7, 11) is -2.39. The van der Waals surface area contributed by atoms with Crippen molar-refractivity contribution in [2.45, 2.75) is 59.5 Å². The van der Waals surface area contributed by atoms with Crippen LogP contribution < -0.4 is 14.4 Å². The van der Waals surface area contributed by atoms with Crippen LogP contribution in [-0.2, 0) is 26.2 Å². The Morgan fingerprint density at radius 2 is 1.78 bits per heavy atom. The summed E-state index contributed by atoms with van der Waals surface area (Å²) in [6.45, 7) is 7.92. The van der Waals surface area contributed by atoms with E-state index in [1.165, 1.54) is 12.0 Å². The van der Waals surface area contributed by atoms with Crippen molar-refractivity contribution < 1.29 is 22.7 Å². The first-order valence-corrected chi connectivity index (χ1v) is 14.1. The lowest BCUT2D eigenvalue weighted by atomic mass is 10.1. The van der Waals surface area contributed by atoms with Gasteiger partial charge < -0.3 is 15.0 Å². The molecule has 9 heteroatoms. The molecule has 2 aromatic rings. The molecule has 0 aromatic heterocycles. The van der Waals surface area contributed by atoms with Crippen LogP contribution >= 0.6 is 0 Å². The second-order valence-electron chi connectivity index (χ2n) is 8.96. The fourth-order valence-corrected chi connectivity index (χ4v) is 4.83. The molecular weight excluding hydrogens is 478 g/mol. The number of nitrogens with one attached hydrogen (secondary N) is 1. The molecule has 0 heterocycles. The van der Waals surface area contributed by atoms with Crippen LogP contribution in [0.3, 0.4) is 0 Å². The van der Waals surface area contributed by atoms with Gasteiger partial charge in [0.15, 0.2) is 0 Å². The van der Waals surface area contributed by atoms with E-state index in [-0.39, 0.29) is 18.1 Å². The first-order valence-electron chi connectivity index (χ1n) is 12.3. The predicted molar refractivity (Wildman–Crippen MR) is 144 cm³/mol. The van der Waals surface area contributed by atoms with Gasteiger partial charge in [-0.3, -0.25) is 13.9 Å². The highest BCUT2D eigenvalue weighted by Crippen LogP contribution is 2.31. The van der Waals surface area contributed by atoms with Gasteiger partial charge >= 0.3 is 0 Å². The Morgan fingerprint density at radius 1 is 1.08 bits per heavy atom. The van der Waals surface area contributed by atoms with E-state index in [9.17, 15) is 18.0 Å². The molecule has 0 saturated heterocycles. The van der Waals surface area contributed by atoms with Gasteiger partial charge in [0.1, 0.15) is 18.3 Å². The second-order valence-corrected chi connectivity index (χ2v) is 10.9. The van der Waals surface area contributed by atoms with E-state index in [1.54, 1.807) is 12.1 Å². The number of sulfonamides is 1. The van der Waals surface area contributed by atoms with Crippen LogP contribution in [0.15, 0.2) is 42.5 Å². The van der Waals surface area contributed by atoms with Gasteiger partial charge in [-0.15, -0.1) is 0 Å². The van der Waals surface area contributed by atoms with Gasteiger partial charge in [-0.1, -0.05) is 50.6 Å². The Hall–Kier alpha value is -3.07. The van der Waals surface area contributed by atoms with E-state index in [4.69, 9.17) is 4.74 Å². The highest BCUT2D eigenvalue weighted by atomic mass is 32.2. The Kier molecular flexibility index (Phi) is 10.8. The van der Waals surface area contributed by atoms with Gasteiger partial charge in [-0.05, 0) is 55.5 Å². The van der Waals surface area contributed by atoms with E-state index in [0.717, 1.165) is 40.1 Å². The maximum Gasteiger partial charge on any atom is 0.244 e. The quantitative estimate of drug-likeness (QED) is 0.408. The van der Waals surface area contributed by atoms with Crippen molar-refractivity contribution in [1.29, 1.82) is 0 Å². The number of ether oxygens (including phenoxy) is 1. The summed E-state index contributed by atoms with van der Waals surface area (Å²) in [5.41, 5.74) is 2.98. The zero-order chi connectivity index (χ0) is 26.9. The van der Waals surface area contributed by atoms with Gasteiger partial charge in [0, 0.05) is 13.1 Å². The van der Waals surface area contributed by atoms with Gasteiger partial charge in [0.05, 0.1) is 19.1 Å². The lowest BCUT2D eigenvalue weighted by Crippen LogP contribution is -2.52. The number of methoxy groups -OCH3 is 1. The number of benzene rings is 2. The number of aryl methyl sites for hydroxylation is 2. The summed E-state index contributed by atoms with van der Waals surface area (Å²) < 4.78 is 32.1. The Morgan fingerprint density at radius 3 is 2.36 bits per heavy atom. The molecule has 0 aliphatic carbocycles. The lowest BCUT2D eigenvalue weighted by molar-refractivity contribution is -0.140. The molecule has 0 radical (unpaired) electrons. The number of hydrogen-bond donors (Lipinski definition) is 1. The van der Waals surface area contributed by atoms with E-state index >= 15 is 0 Å². The third-order valence-corrected chi connectivity index (χ3v) is 7.23. The summed E-state index contributed by atoms with van der Waals surface area (Å²) in [5, 5.41) is 2.93. The molecule has 0 spiro atoms. The highest BCUT2D eigenvalue weighted by Gasteiger charge is 2.32. The van der Waals surface area contributed by atoms with Crippen LogP contribution in [0.25, 0.3) is 0 Å². The van der Waals surface area contributed by atoms with Crippen molar-refractivity contribution in [2.75, 3.05) is 30.8 Å². The minimum atomic E-state index is -3.84. The Balaban J connectivity index is 2.49. The largest absolute Gasteiger partial charge is 0.495 e. The zero-order valence-corrected chi connectivity index (χ0v) is 23.0. The van der Waals surface area contributed by atoms with Crippen LogP contribution in [0.5, 0.6) is 5.75 Å². The van der Waals surface area contributed by atoms with Crippen LogP contribution in [0, 0.1) is 13.8 Å². The first-order chi connectivity index (χ1) is 17.0. The summed E-state index contributed by atoms with van der Waals surface area (Å²) >= 11 is 0. The number of carbonyl (C=O) groups excluding carboxylic acids is 2. The van der Waals surface area contributed by atoms with Gasteiger partial charge in [-0.25, -0.2) is 8.42 Å². The predicted octanol–water partition coefficient (Wildman–Crippen LogP) is 3.80. The fourth-order valence-electron chi connectivity index (χ4n) is 3.99. The molecule has 0 fully saturated rings. The summed E-state index contributed by atoms with van der Waals surface area (Å²) in [5.74, 6) is -0.370. The van der Waals surface area contributed by atoms with Crippen molar-refractivity contribution in [2.24, 2.45) is 0 Å². The Bertz CT molecular complexity index is 1150. The normalized spacial score (nSPS) is 12.1. The third-order valence-electron chi connectivity index (χ3n) is 6.10. The molecule has 198 valence electrons. The molecule has 1 atom stereocenters. The summed E-state index contributed by atoms with van der Waals surface area (Å²) in [6.07, 6.45) is 3.22. The molecule has 36 heavy (non-hydrogen) atoms. The number of nitrogens with zero attached hydrogens (tertiary/aromatic N) is 2. The van der Waals surface area contributed by atoms with Crippen molar-refractivity contribution in [3.05, 3.63) is 59.2 Å². The molecule has 1 N–H and O–H groups in total. The topological polar surface area (TPSA) is 96.0 Å². The summed E-state index contributed by atoms with van der Waals surface area (Å²) in [4.78, 5) is 28.4. The fraction of sp³-hybridized carbons (Fsp3) is 0.481.